The zero-order valence-electron chi connectivity index (χ0n) is 11.6. The van der Waals surface area contributed by atoms with Gasteiger partial charge in [0.2, 0.25) is 5.91 Å². The van der Waals surface area contributed by atoms with E-state index >= 15 is 0 Å². The minimum absolute atomic E-state index is 0.447. The van der Waals surface area contributed by atoms with Gasteiger partial charge in [-0.25, -0.2) is 0 Å². The van der Waals surface area contributed by atoms with Crippen LogP contribution in [0.15, 0.2) is 42.5 Å². The normalized spacial score (nSPS) is 10.7. The monoisotopic (exact) mass is 267 g/mol. The topological polar surface area (TPSA) is 52.3 Å². The molecule has 0 unspecified atom stereocenters. The zero-order chi connectivity index (χ0) is 14.5. The van der Waals surface area contributed by atoms with Gasteiger partial charge in [-0.05, 0) is 30.7 Å². The second kappa shape index (κ2) is 6.06. The van der Waals surface area contributed by atoms with Crippen LogP contribution in [0.1, 0.15) is 27.0 Å². The molecule has 2 aromatic rings. The fraction of sp³-hybridized carbons (Fsp3) is 0.118. The van der Waals surface area contributed by atoms with Gasteiger partial charge in [0.05, 0.1) is 7.11 Å². The highest BCUT2D eigenvalue weighted by Gasteiger charge is 2.05. The molecule has 102 valence electrons. The van der Waals surface area contributed by atoms with Crippen molar-refractivity contribution in [3.63, 3.8) is 0 Å². The van der Waals surface area contributed by atoms with E-state index < -0.39 is 5.91 Å². The number of nitrogens with two attached hydrogens (primary N) is 1. The number of aryl methyl sites for hydroxylation is 1. The Labute approximate surface area is 118 Å². The minimum atomic E-state index is -0.447. The van der Waals surface area contributed by atoms with Crippen molar-refractivity contribution in [2.45, 2.75) is 6.92 Å². The molecule has 0 saturated carbocycles. The number of amides is 1. The predicted molar refractivity (Wildman–Crippen MR) is 81.6 cm³/mol. The third-order valence-corrected chi connectivity index (χ3v) is 3.05. The van der Waals surface area contributed by atoms with Crippen molar-refractivity contribution in [2.24, 2.45) is 5.73 Å². The molecule has 0 fully saturated rings. The maximum Gasteiger partial charge on any atom is 0.248 e. The van der Waals surface area contributed by atoms with Crippen molar-refractivity contribution in [2.75, 3.05) is 7.11 Å². The van der Waals surface area contributed by atoms with E-state index in [9.17, 15) is 4.79 Å². The van der Waals surface area contributed by atoms with Gasteiger partial charge in [0.25, 0.3) is 0 Å². The highest BCUT2D eigenvalue weighted by atomic mass is 16.5. The first kappa shape index (κ1) is 13.9. The van der Waals surface area contributed by atoms with Crippen LogP contribution < -0.4 is 10.5 Å². The maximum absolute atomic E-state index is 11.2. The number of rotatable bonds is 4. The van der Waals surface area contributed by atoms with Crippen LogP contribution in [0, 0.1) is 6.92 Å². The van der Waals surface area contributed by atoms with Gasteiger partial charge in [-0.1, -0.05) is 42.0 Å². The maximum atomic E-state index is 11.2. The predicted octanol–water partition coefficient (Wildman–Crippen LogP) is 3.27. The first-order chi connectivity index (χ1) is 9.60. The van der Waals surface area contributed by atoms with E-state index in [4.69, 9.17) is 10.5 Å². The van der Waals surface area contributed by atoms with Crippen molar-refractivity contribution in [1.29, 1.82) is 0 Å². The number of benzene rings is 2. The first-order valence-corrected chi connectivity index (χ1v) is 6.33. The van der Waals surface area contributed by atoms with Crippen molar-refractivity contribution in [3.05, 3.63) is 64.7 Å². The SMILES string of the molecule is COc1ccc(C(N)=O)cc1C=Cc1ccc(C)cc1. The Morgan fingerprint density at radius 2 is 1.80 bits per heavy atom. The minimum Gasteiger partial charge on any atom is -0.496 e. The lowest BCUT2D eigenvalue weighted by Gasteiger charge is -2.06. The number of methoxy groups -OCH3 is 1. The molecule has 3 nitrogen and oxygen atoms in total. The van der Waals surface area contributed by atoms with Gasteiger partial charge in [0.1, 0.15) is 5.75 Å². The summed E-state index contributed by atoms with van der Waals surface area (Å²) in [4.78, 5) is 11.2. The lowest BCUT2D eigenvalue weighted by molar-refractivity contribution is 0.1000. The number of hydrogen-bond acceptors (Lipinski definition) is 2. The highest BCUT2D eigenvalue weighted by molar-refractivity contribution is 5.94. The molecule has 0 radical (unpaired) electrons. The zero-order valence-corrected chi connectivity index (χ0v) is 11.6. The van der Waals surface area contributed by atoms with Crippen LogP contribution in [0.2, 0.25) is 0 Å². The summed E-state index contributed by atoms with van der Waals surface area (Å²) in [5.41, 5.74) is 8.89. The molecule has 0 aliphatic carbocycles. The molecular weight excluding hydrogens is 250 g/mol. The van der Waals surface area contributed by atoms with Gasteiger partial charge < -0.3 is 10.5 Å². The van der Waals surface area contributed by atoms with Gasteiger partial charge in [0.15, 0.2) is 0 Å². The van der Waals surface area contributed by atoms with Crippen LogP contribution in [-0.4, -0.2) is 13.0 Å². The summed E-state index contributed by atoms with van der Waals surface area (Å²) < 4.78 is 5.28. The Kier molecular flexibility index (Phi) is 4.20. The second-order valence-corrected chi connectivity index (χ2v) is 4.56. The number of ether oxygens (including phenoxy) is 1. The van der Waals surface area contributed by atoms with Crippen LogP contribution >= 0.6 is 0 Å². The molecule has 0 atom stereocenters. The van der Waals surface area contributed by atoms with Crippen molar-refractivity contribution in [3.8, 4) is 5.75 Å². The smallest absolute Gasteiger partial charge is 0.248 e. The summed E-state index contributed by atoms with van der Waals surface area (Å²) in [5.74, 6) is 0.260. The Morgan fingerprint density at radius 1 is 1.10 bits per heavy atom. The molecular formula is C17H17NO2. The van der Waals surface area contributed by atoms with Gasteiger partial charge in [-0.15, -0.1) is 0 Å². The van der Waals surface area contributed by atoms with Crippen molar-refractivity contribution in [1.82, 2.24) is 0 Å². The van der Waals surface area contributed by atoms with Crippen LogP contribution in [0.4, 0.5) is 0 Å². The van der Waals surface area contributed by atoms with Crippen LogP contribution in [0.5, 0.6) is 5.75 Å². The first-order valence-electron chi connectivity index (χ1n) is 6.33. The van der Waals surface area contributed by atoms with E-state index in [2.05, 4.69) is 12.1 Å². The Bertz CT molecular complexity index is 643. The molecule has 0 bridgehead atoms. The lowest BCUT2D eigenvalue weighted by atomic mass is 10.1. The summed E-state index contributed by atoms with van der Waals surface area (Å²) in [6.45, 7) is 2.05. The standard InChI is InChI=1S/C17H17NO2/c1-12-3-5-13(6-4-12)7-8-14-11-15(17(18)19)9-10-16(14)20-2/h3-11H,1-2H3,(H2,18,19). The average Bonchev–Trinajstić information content (AvgIpc) is 2.46. The summed E-state index contributed by atoms with van der Waals surface area (Å²) in [7, 11) is 1.60. The molecule has 0 heterocycles. The molecule has 0 saturated heterocycles. The molecule has 1 amide bonds. The van der Waals surface area contributed by atoms with Gasteiger partial charge in [-0.3, -0.25) is 4.79 Å². The molecule has 0 aliphatic rings. The fourth-order valence-corrected chi connectivity index (χ4v) is 1.88. The van der Waals surface area contributed by atoms with E-state index in [0.717, 1.165) is 11.1 Å². The fourth-order valence-electron chi connectivity index (χ4n) is 1.88. The number of carbonyl (C=O) groups is 1. The molecule has 2 N–H and O–H groups in total. The van der Waals surface area contributed by atoms with E-state index in [1.54, 1.807) is 25.3 Å². The van der Waals surface area contributed by atoms with E-state index in [1.165, 1.54) is 5.56 Å². The number of carbonyl (C=O) groups excluding carboxylic acids is 1. The van der Waals surface area contributed by atoms with Crippen molar-refractivity contribution < 1.29 is 9.53 Å². The molecule has 20 heavy (non-hydrogen) atoms. The van der Waals surface area contributed by atoms with E-state index in [1.807, 2.05) is 31.2 Å². The molecule has 0 aromatic heterocycles. The number of primary amides is 1. The van der Waals surface area contributed by atoms with Gasteiger partial charge in [-0.2, -0.15) is 0 Å². The number of hydrogen-bond donors (Lipinski definition) is 1. The third-order valence-electron chi connectivity index (χ3n) is 3.05. The summed E-state index contributed by atoms with van der Waals surface area (Å²) in [6.07, 6.45) is 3.89. The molecule has 2 aromatic carbocycles. The summed E-state index contributed by atoms with van der Waals surface area (Å²) in [6, 6.07) is 13.3. The van der Waals surface area contributed by atoms with Gasteiger partial charge in [0, 0.05) is 11.1 Å². The second-order valence-electron chi connectivity index (χ2n) is 4.56. The van der Waals surface area contributed by atoms with Crippen molar-refractivity contribution >= 4 is 18.1 Å². The summed E-state index contributed by atoms with van der Waals surface area (Å²) in [5, 5.41) is 0. The van der Waals surface area contributed by atoms with Crippen LogP contribution in [0.25, 0.3) is 12.2 Å². The van der Waals surface area contributed by atoms with Gasteiger partial charge >= 0.3 is 0 Å². The summed E-state index contributed by atoms with van der Waals surface area (Å²) >= 11 is 0. The van der Waals surface area contributed by atoms with E-state index in [-0.39, 0.29) is 0 Å². The van der Waals surface area contributed by atoms with Crippen LogP contribution in [-0.2, 0) is 0 Å². The molecule has 0 spiro atoms. The molecule has 0 aliphatic heterocycles. The Balaban J connectivity index is 2.33. The Morgan fingerprint density at radius 3 is 2.40 bits per heavy atom. The van der Waals surface area contributed by atoms with E-state index in [0.29, 0.717) is 11.3 Å². The third kappa shape index (κ3) is 3.26. The molecule has 3 heteroatoms. The van der Waals surface area contributed by atoms with Crippen LogP contribution in [0.3, 0.4) is 0 Å². The largest absolute Gasteiger partial charge is 0.496 e. The Hall–Kier alpha value is -2.55. The lowest BCUT2D eigenvalue weighted by Crippen LogP contribution is -2.10. The highest BCUT2D eigenvalue weighted by Crippen LogP contribution is 2.22. The molecule has 2 rings (SSSR count). The average molecular weight is 267 g/mol. The quantitative estimate of drug-likeness (QED) is 0.864.